The maximum Gasteiger partial charge on any atom is 0.338 e. The van der Waals surface area contributed by atoms with Crippen LogP contribution >= 0.6 is 0 Å². The average Bonchev–Trinajstić information content (AvgIpc) is 2.71. The highest BCUT2D eigenvalue weighted by Gasteiger charge is 2.30. The Bertz CT molecular complexity index is 863. The highest BCUT2D eigenvalue weighted by Crippen LogP contribution is 2.32. The van der Waals surface area contributed by atoms with E-state index in [1.54, 1.807) is 26.8 Å². The van der Waals surface area contributed by atoms with Crippen molar-refractivity contribution in [1.82, 2.24) is 5.32 Å². The van der Waals surface area contributed by atoms with Crippen LogP contribution in [0.1, 0.15) is 50.9 Å². The maximum atomic E-state index is 12.3. The first-order chi connectivity index (χ1) is 14.1. The van der Waals surface area contributed by atoms with E-state index in [1.807, 2.05) is 11.0 Å². The summed E-state index contributed by atoms with van der Waals surface area (Å²) in [6.45, 7) is 8.13. The zero-order chi connectivity index (χ0) is 22.5. The van der Waals surface area contributed by atoms with E-state index in [0.29, 0.717) is 11.6 Å². The molecule has 1 amide bonds. The zero-order valence-corrected chi connectivity index (χ0v) is 17.8. The van der Waals surface area contributed by atoms with E-state index in [2.05, 4.69) is 12.2 Å². The fourth-order valence-electron chi connectivity index (χ4n) is 3.31. The van der Waals surface area contributed by atoms with E-state index < -0.39 is 28.9 Å². The van der Waals surface area contributed by atoms with Crippen molar-refractivity contribution in [2.75, 3.05) is 24.6 Å². The molecule has 0 aromatic heterocycles. The fraction of sp³-hybridized carbons (Fsp3) is 0.571. The van der Waals surface area contributed by atoms with Crippen molar-refractivity contribution in [3.05, 3.63) is 33.9 Å². The normalized spacial score (nSPS) is 18.3. The van der Waals surface area contributed by atoms with E-state index in [9.17, 15) is 25.0 Å². The Hall–Kier alpha value is -3.15. The van der Waals surface area contributed by atoms with Crippen molar-refractivity contribution in [1.29, 1.82) is 5.26 Å². The summed E-state index contributed by atoms with van der Waals surface area (Å²) < 4.78 is 5.00. The lowest BCUT2D eigenvalue weighted by Crippen LogP contribution is -2.50. The number of ether oxygens (including phenoxy) is 1. The second-order valence-electron chi connectivity index (χ2n) is 8.25. The van der Waals surface area contributed by atoms with E-state index in [4.69, 9.17) is 4.74 Å². The highest BCUT2D eigenvalue weighted by atomic mass is 16.6. The predicted molar refractivity (Wildman–Crippen MR) is 111 cm³/mol. The molecule has 1 fully saturated rings. The van der Waals surface area contributed by atoms with Crippen LogP contribution in [0.5, 0.6) is 0 Å². The molecule has 0 aliphatic carbocycles. The first-order valence-electron chi connectivity index (χ1n) is 10.00. The molecule has 1 aromatic rings. The Balaban J connectivity index is 2.09. The molecule has 30 heavy (non-hydrogen) atoms. The van der Waals surface area contributed by atoms with E-state index in [-0.39, 0.29) is 17.2 Å². The van der Waals surface area contributed by atoms with Crippen LogP contribution in [0.3, 0.4) is 0 Å². The molecule has 0 bridgehead atoms. The summed E-state index contributed by atoms with van der Waals surface area (Å²) in [7, 11) is 0. The van der Waals surface area contributed by atoms with Crippen LogP contribution in [0.2, 0.25) is 0 Å². The Morgan fingerprint density at radius 2 is 2.17 bits per heavy atom. The standard InChI is InChI=1S/C21H28N4O5/c1-14(2)21(4,13-22)23-19(26)12-30-20(27)16-7-8-17(18(10-16)25(28)29)24-9-5-6-15(3)11-24/h7-8,10,14-15H,5-6,9,11-12H2,1-4H3,(H,23,26)/t15-,21+/m1/s1. The molecule has 1 aliphatic rings. The lowest BCUT2D eigenvalue weighted by molar-refractivity contribution is -0.384. The topological polar surface area (TPSA) is 126 Å². The SMILES string of the molecule is CC(C)[C@](C)(C#N)NC(=O)COC(=O)c1ccc(N2CCC[C@@H](C)C2)c([N+](=O)[O-])c1. The number of nitro benzene ring substituents is 1. The third-order valence-electron chi connectivity index (χ3n) is 5.53. The van der Waals surface area contributed by atoms with E-state index >= 15 is 0 Å². The maximum absolute atomic E-state index is 12.3. The third-order valence-corrected chi connectivity index (χ3v) is 5.53. The number of anilines is 1. The van der Waals surface area contributed by atoms with Crippen molar-refractivity contribution in [3.63, 3.8) is 0 Å². The number of carbonyl (C=O) groups is 2. The van der Waals surface area contributed by atoms with Gasteiger partial charge in [-0.25, -0.2) is 4.79 Å². The number of carbonyl (C=O) groups excluding carboxylic acids is 2. The van der Waals surface area contributed by atoms with E-state index in [0.717, 1.165) is 25.9 Å². The van der Waals surface area contributed by atoms with Gasteiger partial charge in [0.15, 0.2) is 6.61 Å². The van der Waals surface area contributed by atoms with Crippen molar-refractivity contribution in [2.24, 2.45) is 11.8 Å². The molecule has 1 aromatic carbocycles. The van der Waals surface area contributed by atoms with Gasteiger partial charge in [-0.2, -0.15) is 5.26 Å². The van der Waals surface area contributed by atoms with Gasteiger partial charge in [0.1, 0.15) is 11.2 Å². The first kappa shape index (κ1) is 23.1. The minimum absolute atomic E-state index is 0.00443. The second kappa shape index (κ2) is 9.57. The number of nitro groups is 1. The van der Waals surface area contributed by atoms with E-state index in [1.165, 1.54) is 12.1 Å². The minimum Gasteiger partial charge on any atom is -0.452 e. The summed E-state index contributed by atoms with van der Waals surface area (Å²) in [6.07, 6.45) is 2.04. The molecule has 1 saturated heterocycles. The summed E-state index contributed by atoms with van der Waals surface area (Å²) in [6, 6.07) is 6.24. The zero-order valence-electron chi connectivity index (χ0n) is 17.8. The number of benzene rings is 1. The molecule has 2 rings (SSSR count). The number of nitrogens with one attached hydrogen (secondary N) is 1. The summed E-state index contributed by atoms with van der Waals surface area (Å²) in [5.41, 5.74) is -0.784. The molecule has 2 atom stereocenters. The van der Waals surface area contributed by atoms with Crippen LogP contribution in [0.15, 0.2) is 18.2 Å². The van der Waals surface area contributed by atoms with Gasteiger partial charge in [0.25, 0.3) is 11.6 Å². The quantitative estimate of drug-likeness (QED) is 0.411. The van der Waals surface area contributed by atoms with Gasteiger partial charge in [0.05, 0.1) is 16.6 Å². The van der Waals surface area contributed by atoms with Crippen LogP contribution in [0.4, 0.5) is 11.4 Å². The highest BCUT2D eigenvalue weighted by molar-refractivity contribution is 5.93. The summed E-state index contributed by atoms with van der Waals surface area (Å²) in [4.78, 5) is 37.4. The van der Waals surface area contributed by atoms with Gasteiger partial charge in [0, 0.05) is 19.2 Å². The fourth-order valence-corrected chi connectivity index (χ4v) is 3.31. The Morgan fingerprint density at radius 3 is 2.73 bits per heavy atom. The molecule has 0 spiro atoms. The number of rotatable bonds is 7. The summed E-state index contributed by atoms with van der Waals surface area (Å²) >= 11 is 0. The van der Waals surface area contributed by atoms with Crippen LogP contribution in [-0.4, -0.2) is 42.0 Å². The molecular formula is C21H28N4O5. The minimum atomic E-state index is -1.09. The van der Waals surface area contributed by atoms with Gasteiger partial charge in [-0.1, -0.05) is 20.8 Å². The molecule has 162 valence electrons. The van der Waals surface area contributed by atoms with Crippen molar-refractivity contribution < 1.29 is 19.2 Å². The van der Waals surface area contributed by atoms with Crippen molar-refractivity contribution in [2.45, 2.75) is 46.1 Å². The van der Waals surface area contributed by atoms with Crippen LogP contribution in [0, 0.1) is 33.3 Å². The molecule has 0 radical (unpaired) electrons. The van der Waals surface area contributed by atoms with Crippen LogP contribution < -0.4 is 10.2 Å². The monoisotopic (exact) mass is 416 g/mol. The summed E-state index contributed by atoms with van der Waals surface area (Å²) in [5, 5.41) is 23.4. The number of esters is 1. The van der Waals surface area contributed by atoms with Crippen LogP contribution in [0.25, 0.3) is 0 Å². The van der Waals surface area contributed by atoms with Crippen molar-refractivity contribution >= 4 is 23.3 Å². The Morgan fingerprint density at radius 1 is 1.47 bits per heavy atom. The molecule has 0 unspecified atom stereocenters. The van der Waals surface area contributed by atoms with Crippen molar-refractivity contribution in [3.8, 4) is 6.07 Å². The van der Waals surface area contributed by atoms with Gasteiger partial charge < -0.3 is 15.0 Å². The second-order valence-corrected chi connectivity index (χ2v) is 8.25. The molecular weight excluding hydrogens is 388 g/mol. The Labute approximate surface area is 176 Å². The van der Waals surface area contributed by atoms with Crippen LogP contribution in [-0.2, 0) is 9.53 Å². The molecule has 1 heterocycles. The first-order valence-corrected chi connectivity index (χ1v) is 10.00. The largest absolute Gasteiger partial charge is 0.452 e. The molecule has 0 saturated carbocycles. The van der Waals surface area contributed by atoms with Gasteiger partial charge in [-0.3, -0.25) is 14.9 Å². The Kier molecular flexibility index (Phi) is 7.38. The number of nitriles is 1. The third kappa shape index (κ3) is 5.47. The molecule has 9 nitrogen and oxygen atoms in total. The number of piperidine rings is 1. The number of amides is 1. The molecule has 1 aliphatic heterocycles. The van der Waals surface area contributed by atoms with Gasteiger partial charge >= 0.3 is 5.97 Å². The smallest absolute Gasteiger partial charge is 0.338 e. The van der Waals surface area contributed by atoms with Gasteiger partial charge in [0.2, 0.25) is 0 Å². The molecule has 1 N–H and O–H groups in total. The number of nitrogens with zero attached hydrogens (tertiary/aromatic N) is 3. The lowest BCUT2D eigenvalue weighted by atomic mass is 9.90. The summed E-state index contributed by atoms with van der Waals surface area (Å²) in [5.74, 6) is -1.16. The van der Waals surface area contributed by atoms with Gasteiger partial charge in [-0.05, 0) is 43.7 Å². The number of hydrogen-bond donors (Lipinski definition) is 1. The average molecular weight is 416 g/mol. The van der Waals surface area contributed by atoms with Gasteiger partial charge in [-0.15, -0.1) is 0 Å². The lowest BCUT2D eigenvalue weighted by Gasteiger charge is -2.32. The molecule has 9 heteroatoms. The predicted octanol–water partition coefficient (Wildman–Crippen LogP) is 3.04. The number of hydrogen-bond acceptors (Lipinski definition) is 7.